The SMILES string of the molecule is CCS(=O)(=O)CC(O)(C(=O)Nc1ccc(C#N)c(C(F)(F)F)c1)c1ccc(Cl)cc1. The van der Waals surface area contributed by atoms with Crippen LogP contribution in [0.4, 0.5) is 18.9 Å². The first-order valence-corrected chi connectivity index (χ1v) is 10.6. The molecule has 0 aliphatic heterocycles. The number of anilines is 1. The minimum Gasteiger partial charge on any atom is -0.374 e. The molecule has 0 heterocycles. The molecule has 2 N–H and O–H groups in total. The van der Waals surface area contributed by atoms with Crippen molar-refractivity contribution in [3.63, 3.8) is 0 Å². The van der Waals surface area contributed by atoms with Crippen LogP contribution in [0.15, 0.2) is 42.5 Å². The van der Waals surface area contributed by atoms with Crippen molar-refractivity contribution in [1.82, 2.24) is 0 Å². The average molecular weight is 461 g/mol. The number of sulfone groups is 1. The van der Waals surface area contributed by atoms with Gasteiger partial charge in [0.2, 0.25) is 0 Å². The van der Waals surface area contributed by atoms with Gasteiger partial charge >= 0.3 is 6.18 Å². The first-order chi connectivity index (χ1) is 13.8. The molecule has 0 saturated carbocycles. The Balaban J connectivity index is 2.50. The van der Waals surface area contributed by atoms with Gasteiger partial charge in [0.25, 0.3) is 5.91 Å². The van der Waals surface area contributed by atoms with Gasteiger partial charge in [0.15, 0.2) is 15.4 Å². The zero-order valence-corrected chi connectivity index (χ0v) is 17.1. The van der Waals surface area contributed by atoms with Gasteiger partial charge in [0, 0.05) is 16.5 Å². The van der Waals surface area contributed by atoms with Crippen LogP contribution in [0.3, 0.4) is 0 Å². The molecular weight excluding hydrogens is 445 g/mol. The summed E-state index contributed by atoms with van der Waals surface area (Å²) in [6.45, 7) is 1.33. The highest BCUT2D eigenvalue weighted by Crippen LogP contribution is 2.34. The lowest BCUT2D eigenvalue weighted by molar-refractivity contribution is -0.138. The van der Waals surface area contributed by atoms with Crippen LogP contribution in [0.5, 0.6) is 0 Å². The van der Waals surface area contributed by atoms with E-state index in [4.69, 9.17) is 16.9 Å². The van der Waals surface area contributed by atoms with Crippen LogP contribution in [0.25, 0.3) is 0 Å². The van der Waals surface area contributed by atoms with Crippen molar-refractivity contribution in [3.8, 4) is 6.07 Å². The Morgan fingerprint density at radius 3 is 2.30 bits per heavy atom. The van der Waals surface area contributed by atoms with Crippen LogP contribution >= 0.6 is 11.6 Å². The molecule has 0 radical (unpaired) electrons. The molecule has 0 fully saturated rings. The van der Waals surface area contributed by atoms with Crippen LogP contribution in [-0.4, -0.2) is 30.9 Å². The second kappa shape index (κ2) is 8.63. The normalized spacial score (nSPS) is 13.9. The van der Waals surface area contributed by atoms with Gasteiger partial charge in [-0.05, 0) is 35.9 Å². The topological polar surface area (TPSA) is 107 Å². The molecule has 11 heteroatoms. The van der Waals surface area contributed by atoms with E-state index in [1.807, 2.05) is 0 Å². The lowest BCUT2D eigenvalue weighted by Gasteiger charge is -2.27. The van der Waals surface area contributed by atoms with Gasteiger partial charge in [0.05, 0.1) is 22.9 Å². The molecule has 0 aromatic heterocycles. The number of nitriles is 1. The summed E-state index contributed by atoms with van der Waals surface area (Å²) in [7, 11) is -3.88. The van der Waals surface area contributed by atoms with E-state index in [1.165, 1.54) is 37.3 Å². The van der Waals surface area contributed by atoms with Crippen LogP contribution in [0.2, 0.25) is 5.02 Å². The zero-order chi connectivity index (χ0) is 22.7. The number of carbonyl (C=O) groups excluding carboxylic acids is 1. The van der Waals surface area contributed by atoms with E-state index in [-0.39, 0.29) is 22.0 Å². The number of nitrogens with one attached hydrogen (secondary N) is 1. The number of carbonyl (C=O) groups is 1. The van der Waals surface area contributed by atoms with Crippen LogP contribution in [0, 0.1) is 11.3 Å². The Kier molecular flexibility index (Phi) is 6.81. The van der Waals surface area contributed by atoms with E-state index in [0.717, 1.165) is 12.1 Å². The summed E-state index contributed by atoms with van der Waals surface area (Å²) in [6.07, 6.45) is -4.86. The fraction of sp³-hybridized carbons (Fsp3) is 0.263. The number of rotatable bonds is 6. The summed E-state index contributed by atoms with van der Waals surface area (Å²) < 4.78 is 63.7. The van der Waals surface area contributed by atoms with E-state index in [2.05, 4.69) is 5.32 Å². The van der Waals surface area contributed by atoms with Crippen molar-refractivity contribution in [2.24, 2.45) is 0 Å². The quantitative estimate of drug-likeness (QED) is 0.686. The zero-order valence-electron chi connectivity index (χ0n) is 15.5. The summed E-state index contributed by atoms with van der Waals surface area (Å²) in [5, 5.41) is 22.2. The van der Waals surface area contributed by atoms with Crippen molar-refractivity contribution >= 4 is 33.0 Å². The van der Waals surface area contributed by atoms with E-state index in [0.29, 0.717) is 6.07 Å². The fourth-order valence-corrected chi connectivity index (χ4v) is 3.88. The van der Waals surface area contributed by atoms with Gasteiger partial charge in [0.1, 0.15) is 0 Å². The smallest absolute Gasteiger partial charge is 0.374 e. The third kappa shape index (κ3) is 5.30. The third-order valence-electron chi connectivity index (χ3n) is 4.27. The molecule has 30 heavy (non-hydrogen) atoms. The Morgan fingerprint density at radius 2 is 1.80 bits per heavy atom. The minimum absolute atomic E-state index is 0.105. The van der Waals surface area contributed by atoms with Crippen molar-refractivity contribution in [3.05, 3.63) is 64.2 Å². The summed E-state index contributed by atoms with van der Waals surface area (Å²) >= 11 is 5.79. The number of hydrogen-bond acceptors (Lipinski definition) is 5. The molecule has 2 aromatic rings. The molecule has 0 bridgehead atoms. The van der Waals surface area contributed by atoms with E-state index in [9.17, 15) is 31.5 Å². The maximum absolute atomic E-state index is 13.2. The highest BCUT2D eigenvalue weighted by atomic mass is 35.5. The highest BCUT2D eigenvalue weighted by molar-refractivity contribution is 7.91. The molecule has 0 spiro atoms. The first-order valence-electron chi connectivity index (χ1n) is 8.44. The number of halogens is 4. The van der Waals surface area contributed by atoms with Crippen molar-refractivity contribution < 1.29 is 31.5 Å². The number of hydrogen-bond donors (Lipinski definition) is 2. The Labute approximate surface area is 175 Å². The Hall–Kier alpha value is -2.61. The van der Waals surface area contributed by atoms with Crippen molar-refractivity contribution in [2.75, 3.05) is 16.8 Å². The second-order valence-electron chi connectivity index (χ2n) is 6.37. The molecule has 0 saturated heterocycles. The monoisotopic (exact) mass is 460 g/mol. The third-order valence-corrected chi connectivity index (χ3v) is 6.26. The molecule has 0 aliphatic carbocycles. The molecule has 1 amide bonds. The molecule has 1 atom stereocenters. The molecule has 1 unspecified atom stereocenters. The summed E-state index contributed by atoms with van der Waals surface area (Å²) in [4.78, 5) is 12.8. The molecule has 2 rings (SSSR count). The van der Waals surface area contributed by atoms with Gasteiger partial charge in [-0.1, -0.05) is 30.7 Å². The van der Waals surface area contributed by atoms with Crippen LogP contribution in [0.1, 0.15) is 23.6 Å². The maximum atomic E-state index is 13.2. The van der Waals surface area contributed by atoms with Gasteiger partial charge in [-0.15, -0.1) is 0 Å². The number of nitrogens with zero attached hydrogens (tertiary/aromatic N) is 1. The number of benzene rings is 2. The Bertz CT molecular complexity index is 1100. The van der Waals surface area contributed by atoms with Crippen LogP contribution in [-0.2, 0) is 26.4 Å². The molecule has 2 aromatic carbocycles. The Morgan fingerprint density at radius 1 is 1.20 bits per heavy atom. The number of alkyl halides is 3. The number of amides is 1. The maximum Gasteiger partial charge on any atom is 0.417 e. The lowest BCUT2D eigenvalue weighted by Crippen LogP contribution is -2.46. The van der Waals surface area contributed by atoms with Gasteiger partial charge in [-0.3, -0.25) is 4.79 Å². The van der Waals surface area contributed by atoms with Crippen LogP contribution < -0.4 is 5.32 Å². The highest BCUT2D eigenvalue weighted by Gasteiger charge is 2.42. The van der Waals surface area contributed by atoms with Gasteiger partial charge in [-0.25, -0.2) is 8.42 Å². The predicted molar refractivity (Wildman–Crippen MR) is 104 cm³/mol. The summed E-state index contributed by atoms with van der Waals surface area (Å²) in [6, 6.07) is 9.00. The van der Waals surface area contributed by atoms with Crippen molar-refractivity contribution in [2.45, 2.75) is 18.7 Å². The minimum atomic E-state index is -4.86. The second-order valence-corrected chi connectivity index (χ2v) is 9.16. The largest absolute Gasteiger partial charge is 0.417 e. The lowest BCUT2D eigenvalue weighted by atomic mass is 9.94. The van der Waals surface area contributed by atoms with E-state index < -0.39 is 44.4 Å². The van der Waals surface area contributed by atoms with Gasteiger partial charge < -0.3 is 10.4 Å². The summed E-state index contributed by atoms with van der Waals surface area (Å²) in [5.41, 5.74) is -4.99. The van der Waals surface area contributed by atoms with Gasteiger partial charge in [-0.2, -0.15) is 18.4 Å². The van der Waals surface area contributed by atoms with E-state index >= 15 is 0 Å². The van der Waals surface area contributed by atoms with Crippen molar-refractivity contribution in [1.29, 1.82) is 5.26 Å². The standard InChI is InChI=1S/C19H16ClF3N2O4S/c1-2-30(28,29)11-18(27,13-4-6-14(20)7-5-13)17(26)25-15-8-3-12(10-24)16(9-15)19(21,22)23/h3-9,27H,2,11H2,1H3,(H,25,26). The first kappa shape index (κ1) is 23.7. The predicted octanol–water partition coefficient (Wildman–Crippen LogP) is 3.49. The van der Waals surface area contributed by atoms with E-state index in [1.54, 1.807) is 0 Å². The molecular formula is C19H16ClF3N2O4S. The average Bonchev–Trinajstić information content (AvgIpc) is 2.67. The number of aliphatic hydroxyl groups is 1. The molecule has 160 valence electrons. The summed E-state index contributed by atoms with van der Waals surface area (Å²) in [5.74, 6) is -2.61. The fourth-order valence-electron chi connectivity index (χ4n) is 2.61. The molecule has 6 nitrogen and oxygen atoms in total. The molecule has 0 aliphatic rings.